The van der Waals surface area contributed by atoms with Gasteiger partial charge in [0.1, 0.15) is 0 Å². The third kappa shape index (κ3) is 15.6. The van der Waals surface area contributed by atoms with Crippen molar-refractivity contribution < 1.29 is 0 Å². The van der Waals surface area contributed by atoms with Crippen LogP contribution in [0.1, 0.15) is 76.8 Å². The highest BCUT2D eigenvalue weighted by Crippen LogP contribution is 2.10. The monoisotopic (exact) mass is 353 g/mol. The summed E-state index contributed by atoms with van der Waals surface area (Å²) in [5, 5.41) is 1.18. The Morgan fingerprint density at radius 2 is 1.52 bits per heavy atom. The van der Waals surface area contributed by atoms with Crippen LogP contribution < -0.4 is 0 Å². The minimum Gasteiger partial charge on any atom is -0.257 e. The van der Waals surface area contributed by atoms with Crippen molar-refractivity contribution in [2.45, 2.75) is 71.1 Å². The second-order valence-corrected chi connectivity index (χ2v) is 6.12. The lowest BCUT2D eigenvalue weighted by Gasteiger charge is -2.00. The van der Waals surface area contributed by atoms with Gasteiger partial charge in [-0.1, -0.05) is 93.3 Å². The molecule has 0 amide bonds. The van der Waals surface area contributed by atoms with E-state index in [1.54, 1.807) is 12.3 Å². The van der Waals surface area contributed by atoms with Gasteiger partial charge in [0.15, 0.2) is 0 Å². The first-order valence-electron chi connectivity index (χ1n) is 8.44. The van der Waals surface area contributed by atoms with Gasteiger partial charge in [0, 0.05) is 11.5 Å². The maximum absolute atomic E-state index is 3.98. The molecule has 0 aromatic carbocycles. The Hall–Kier alpha value is -0.630. The van der Waals surface area contributed by atoms with Crippen LogP contribution in [0.5, 0.6) is 0 Å². The summed E-state index contributed by atoms with van der Waals surface area (Å²) >= 11 is 3.46. The lowest BCUT2D eigenvalue weighted by atomic mass is 10.1. The van der Waals surface area contributed by atoms with Crippen LogP contribution in [0, 0.1) is 0 Å². The largest absolute Gasteiger partial charge is 0.257 e. The molecule has 21 heavy (non-hydrogen) atoms. The third-order valence-corrected chi connectivity index (χ3v) is 3.94. The van der Waals surface area contributed by atoms with E-state index in [1.165, 1.54) is 69.5 Å². The molecule has 120 valence electrons. The number of alkyl halides is 1. The smallest absolute Gasteiger partial charge is 0.0623 e. The average molecular weight is 354 g/mol. The Balaban J connectivity index is 0.000000423. The summed E-state index contributed by atoms with van der Waals surface area (Å²) in [6, 6.07) is 5.73. The Morgan fingerprint density at radius 1 is 0.952 bits per heavy atom. The van der Waals surface area contributed by atoms with Gasteiger partial charge >= 0.3 is 0 Å². The van der Waals surface area contributed by atoms with Gasteiger partial charge in [0.05, 0.1) is 5.69 Å². The van der Waals surface area contributed by atoms with Gasteiger partial charge in [-0.2, -0.15) is 0 Å². The zero-order valence-corrected chi connectivity index (χ0v) is 15.3. The normalized spacial score (nSPS) is 9.81. The maximum atomic E-state index is 3.98. The van der Waals surface area contributed by atoms with E-state index < -0.39 is 0 Å². The molecular formula is C19H32BrN. The van der Waals surface area contributed by atoms with Gasteiger partial charge in [-0.05, 0) is 24.6 Å². The lowest BCUT2D eigenvalue weighted by molar-refractivity contribution is 0.563. The van der Waals surface area contributed by atoms with Crippen molar-refractivity contribution >= 4 is 22.0 Å². The van der Waals surface area contributed by atoms with Gasteiger partial charge in [0.2, 0.25) is 0 Å². The number of aromatic nitrogens is 1. The zero-order chi connectivity index (χ0) is 15.6. The third-order valence-electron chi connectivity index (χ3n) is 3.38. The summed E-state index contributed by atoms with van der Waals surface area (Å²) in [5.74, 6) is 0. The molecule has 0 saturated heterocycles. The molecule has 2 heteroatoms. The quantitative estimate of drug-likeness (QED) is 0.307. The van der Waals surface area contributed by atoms with Crippen molar-refractivity contribution in [3.63, 3.8) is 0 Å². The van der Waals surface area contributed by atoms with Crippen LogP contribution in [0.3, 0.4) is 0 Å². The summed E-state index contributed by atoms with van der Waals surface area (Å²) in [4.78, 5) is 3.98. The molecule has 0 aliphatic carbocycles. The van der Waals surface area contributed by atoms with Crippen LogP contribution in [0.4, 0.5) is 0 Å². The van der Waals surface area contributed by atoms with E-state index >= 15 is 0 Å². The molecule has 1 aromatic heterocycles. The molecule has 0 unspecified atom stereocenters. The maximum Gasteiger partial charge on any atom is 0.0623 e. The second-order valence-electron chi connectivity index (χ2n) is 5.33. The van der Waals surface area contributed by atoms with Gasteiger partial charge in [-0.3, -0.25) is 4.98 Å². The van der Waals surface area contributed by atoms with Crippen LogP contribution in [0.15, 0.2) is 31.0 Å². The standard InChI is InChI=1S/C12H25Br.C7H7N/c1-2-3-4-5-6-7-8-9-10-11-12-13;1-2-7-5-3-4-6-8-7/h2-12H2,1H3;2-6H,1H2. The molecular weight excluding hydrogens is 322 g/mol. The van der Waals surface area contributed by atoms with Gasteiger partial charge in [0.25, 0.3) is 0 Å². The van der Waals surface area contributed by atoms with Gasteiger partial charge < -0.3 is 0 Å². The number of rotatable bonds is 11. The molecule has 1 nitrogen and oxygen atoms in total. The van der Waals surface area contributed by atoms with Crippen molar-refractivity contribution in [3.05, 3.63) is 36.7 Å². The van der Waals surface area contributed by atoms with Crippen LogP contribution in [-0.2, 0) is 0 Å². The minimum atomic E-state index is 0.924. The molecule has 1 heterocycles. The fourth-order valence-corrected chi connectivity index (χ4v) is 2.48. The number of nitrogens with zero attached hydrogens (tertiary/aromatic N) is 1. The highest BCUT2D eigenvalue weighted by molar-refractivity contribution is 9.09. The number of hydrogen-bond donors (Lipinski definition) is 0. The zero-order valence-electron chi connectivity index (χ0n) is 13.7. The first-order chi connectivity index (χ1) is 10.3. The second kappa shape index (κ2) is 17.4. The topological polar surface area (TPSA) is 12.9 Å². The molecule has 1 aromatic rings. The Bertz CT molecular complexity index is 301. The number of pyridine rings is 1. The van der Waals surface area contributed by atoms with E-state index in [0.717, 1.165) is 5.69 Å². The van der Waals surface area contributed by atoms with E-state index in [2.05, 4.69) is 34.4 Å². The summed E-state index contributed by atoms with van der Waals surface area (Å²) in [7, 11) is 0. The number of unbranched alkanes of at least 4 members (excludes halogenated alkanes) is 9. The van der Waals surface area contributed by atoms with Crippen molar-refractivity contribution in [2.24, 2.45) is 0 Å². The number of hydrogen-bond acceptors (Lipinski definition) is 1. The highest BCUT2D eigenvalue weighted by atomic mass is 79.9. The Kier molecular flexibility index (Phi) is 16.9. The van der Waals surface area contributed by atoms with Crippen molar-refractivity contribution in [1.82, 2.24) is 4.98 Å². The van der Waals surface area contributed by atoms with Gasteiger partial charge in [-0.15, -0.1) is 0 Å². The number of halogens is 1. The lowest BCUT2D eigenvalue weighted by Crippen LogP contribution is -1.81. The highest BCUT2D eigenvalue weighted by Gasteiger charge is 1.91. The van der Waals surface area contributed by atoms with Crippen LogP contribution in [0.25, 0.3) is 6.08 Å². The first-order valence-corrected chi connectivity index (χ1v) is 9.56. The molecule has 0 fully saturated rings. The Labute approximate surface area is 140 Å². The van der Waals surface area contributed by atoms with E-state index in [0.29, 0.717) is 0 Å². The van der Waals surface area contributed by atoms with Crippen LogP contribution >= 0.6 is 15.9 Å². The SMILES string of the molecule is C=Cc1ccccn1.CCCCCCCCCCCCBr. The fourth-order valence-electron chi connectivity index (χ4n) is 2.08. The van der Waals surface area contributed by atoms with E-state index in [1.807, 2.05) is 18.2 Å². The van der Waals surface area contributed by atoms with E-state index in [4.69, 9.17) is 0 Å². The summed E-state index contributed by atoms with van der Waals surface area (Å²) in [6.07, 6.45) is 17.8. The van der Waals surface area contributed by atoms with Crippen molar-refractivity contribution in [3.8, 4) is 0 Å². The van der Waals surface area contributed by atoms with Crippen LogP contribution in [-0.4, -0.2) is 10.3 Å². The predicted octanol–water partition coefficient (Wildman–Crippen LogP) is 7.03. The fraction of sp³-hybridized carbons (Fsp3) is 0.632. The minimum absolute atomic E-state index is 0.924. The molecule has 0 bridgehead atoms. The summed E-state index contributed by atoms with van der Waals surface area (Å²) < 4.78 is 0. The molecule has 0 atom stereocenters. The van der Waals surface area contributed by atoms with Crippen molar-refractivity contribution in [1.29, 1.82) is 0 Å². The van der Waals surface area contributed by atoms with Crippen molar-refractivity contribution in [2.75, 3.05) is 5.33 Å². The van der Waals surface area contributed by atoms with Crippen LogP contribution in [0.2, 0.25) is 0 Å². The molecule has 0 N–H and O–H groups in total. The molecule has 1 rings (SSSR count). The molecule has 0 aliphatic rings. The van der Waals surface area contributed by atoms with Gasteiger partial charge in [-0.25, -0.2) is 0 Å². The summed E-state index contributed by atoms with van der Waals surface area (Å²) in [5.41, 5.74) is 0.924. The molecule has 0 radical (unpaired) electrons. The van der Waals surface area contributed by atoms with E-state index in [-0.39, 0.29) is 0 Å². The Morgan fingerprint density at radius 3 is 1.90 bits per heavy atom. The average Bonchev–Trinajstić information content (AvgIpc) is 2.55. The molecule has 0 aliphatic heterocycles. The predicted molar refractivity (Wildman–Crippen MR) is 100.0 cm³/mol. The molecule has 0 spiro atoms. The van der Waals surface area contributed by atoms with E-state index in [9.17, 15) is 0 Å². The first kappa shape index (κ1) is 20.4. The molecule has 0 saturated carbocycles. The summed E-state index contributed by atoms with van der Waals surface area (Å²) in [6.45, 7) is 5.85.